The number of guanidine groups is 1. The second-order valence-electron chi connectivity index (χ2n) is 5.22. The topological polar surface area (TPSA) is 76.7 Å². The van der Waals surface area contributed by atoms with Crippen LogP contribution < -0.4 is 11.1 Å². The molecular weight excluding hydrogens is 393 g/mol. The number of ether oxygens (including phenoxy) is 1. The average molecular weight is 427 g/mol. The van der Waals surface area contributed by atoms with E-state index in [-0.39, 0.29) is 29.9 Å². The molecule has 0 aliphatic carbocycles. The van der Waals surface area contributed by atoms with Gasteiger partial charge in [-0.15, -0.1) is 24.0 Å². The molecule has 0 spiro atoms. The van der Waals surface area contributed by atoms with Crippen molar-refractivity contribution >= 4 is 35.9 Å². The molecule has 0 fully saturated rings. The molecule has 0 saturated carbocycles. The van der Waals surface area contributed by atoms with Gasteiger partial charge >= 0.3 is 5.97 Å². The number of nitrogens with two attached hydrogens (primary N) is 1. The summed E-state index contributed by atoms with van der Waals surface area (Å²) in [6.45, 7) is 6.18. The summed E-state index contributed by atoms with van der Waals surface area (Å²) in [4.78, 5) is 15.4. The molecule has 3 N–H and O–H groups in total. The highest BCUT2D eigenvalue weighted by molar-refractivity contribution is 14.0. The zero-order valence-corrected chi connectivity index (χ0v) is 16.6. The molecule has 0 aliphatic heterocycles. The Labute approximate surface area is 152 Å². The van der Waals surface area contributed by atoms with Crippen LogP contribution in [0.2, 0.25) is 0 Å². The molecule has 0 radical (unpaired) electrons. The second-order valence-corrected chi connectivity index (χ2v) is 5.22. The fourth-order valence-electron chi connectivity index (χ4n) is 1.99. The van der Waals surface area contributed by atoms with Crippen molar-refractivity contribution in [3.63, 3.8) is 0 Å². The number of hydrogen-bond acceptors (Lipinski definition) is 3. The zero-order chi connectivity index (χ0) is 15.8. The molecular formula is C16H34IN3O2. The van der Waals surface area contributed by atoms with Crippen LogP contribution >= 0.6 is 24.0 Å². The van der Waals surface area contributed by atoms with Crippen molar-refractivity contribution in [2.24, 2.45) is 10.7 Å². The highest BCUT2D eigenvalue weighted by atomic mass is 127. The Kier molecular flexibility index (Phi) is 20.0. The second kappa shape index (κ2) is 18.5. The van der Waals surface area contributed by atoms with Gasteiger partial charge in [0.15, 0.2) is 5.96 Å². The predicted octanol–water partition coefficient (Wildman–Crippen LogP) is 3.60. The van der Waals surface area contributed by atoms with E-state index in [4.69, 9.17) is 10.5 Å². The van der Waals surface area contributed by atoms with E-state index in [0.717, 1.165) is 45.2 Å². The van der Waals surface area contributed by atoms with E-state index in [1.54, 1.807) is 0 Å². The van der Waals surface area contributed by atoms with Crippen molar-refractivity contribution in [2.75, 3.05) is 19.7 Å². The molecule has 0 heterocycles. The lowest BCUT2D eigenvalue weighted by atomic mass is 10.1. The number of unbranched alkanes of at least 4 members (excludes halogenated alkanes) is 6. The maximum atomic E-state index is 11.1. The predicted molar refractivity (Wildman–Crippen MR) is 104 cm³/mol. The highest BCUT2D eigenvalue weighted by Gasteiger charge is 2.00. The molecule has 6 heteroatoms. The van der Waals surface area contributed by atoms with Gasteiger partial charge < -0.3 is 15.8 Å². The minimum absolute atomic E-state index is 0. The van der Waals surface area contributed by atoms with Crippen molar-refractivity contribution < 1.29 is 9.53 Å². The number of halogens is 1. The van der Waals surface area contributed by atoms with Crippen LogP contribution in [0.4, 0.5) is 0 Å². The molecule has 0 rings (SSSR count). The fraction of sp³-hybridized carbons (Fsp3) is 0.875. The Balaban J connectivity index is 0. The monoisotopic (exact) mass is 427 g/mol. The molecule has 22 heavy (non-hydrogen) atoms. The Morgan fingerprint density at radius 2 is 1.73 bits per heavy atom. The molecule has 0 bridgehead atoms. The van der Waals surface area contributed by atoms with Crippen molar-refractivity contribution in [2.45, 2.75) is 71.6 Å². The van der Waals surface area contributed by atoms with E-state index in [1.807, 2.05) is 6.92 Å². The first kappa shape index (κ1) is 23.7. The molecule has 0 aromatic heterocycles. The fourth-order valence-corrected chi connectivity index (χ4v) is 1.99. The van der Waals surface area contributed by atoms with Crippen LogP contribution in [0.3, 0.4) is 0 Å². The Bertz CT molecular complexity index is 287. The first-order chi connectivity index (χ1) is 10.2. The van der Waals surface area contributed by atoms with Gasteiger partial charge in [0.25, 0.3) is 0 Å². The van der Waals surface area contributed by atoms with Crippen molar-refractivity contribution in [1.82, 2.24) is 5.32 Å². The Morgan fingerprint density at radius 3 is 2.41 bits per heavy atom. The van der Waals surface area contributed by atoms with Gasteiger partial charge in [0.1, 0.15) is 0 Å². The van der Waals surface area contributed by atoms with Gasteiger partial charge in [-0.05, 0) is 26.2 Å². The van der Waals surface area contributed by atoms with Gasteiger partial charge in [-0.2, -0.15) is 0 Å². The van der Waals surface area contributed by atoms with Gasteiger partial charge in [-0.25, -0.2) is 0 Å². The number of nitrogens with one attached hydrogen (secondary N) is 1. The number of carbonyl (C=O) groups is 1. The van der Waals surface area contributed by atoms with Crippen LogP contribution in [0.15, 0.2) is 4.99 Å². The number of aliphatic imine (C=N–C) groups is 1. The first-order valence-corrected chi connectivity index (χ1v) is 8.40. The van der Waals surface area contributed by atoms with Crippen molar-refractivity contribution in [1.29, 1.82) is 0 Å². The van der Waals surface area contributed by atoms with Crippen LogP contribution in [-0.4, -0.2) is 31.6 Å². The van der Waals surface area contributed by atoms with Crippen molar-refractivity contribution in [3.05, 3.63) is 0 Å². The normalized spacial score (nSPS) is 10.9. The van der Waals surface area contributed by atoms with Gasteiger partial charge in [0.2, 0.25) is 0 Å². The lowest BCUT2D eigenvalue weighted by Crippen LogP contribution is -2.32. The summed E-state index contributed by atoms with van der Waals surface area (Å²) >= 11 is 0. The lowest BCUT2D eigenvalue weighted by molar-refractivity contribution is -0.143. The Hall–Kier alpha value is -0.530. The summed E-state index contributed by atoms with van der Waals surface area (Å²) in [6, 6.07) is 0. The third kappa shape index (κ3) is 17.5. The van der Waals surface area contributed by atoms with E-state index in [0.29, 0.717) is 19.0 Å². The smallest absolute Gasteiger partial charge is 0.305 e. The molecule has 0 aliphatic rings. The quantitative estimate of drug-likeness (QED) is 0.155. The van der Waals surface area contributed by atoms with Gasteiger partial charge in [0, 0.05) is 19.5 Å². The van der Waals surface area contributed by atoms with Crippen LogP contribution in [0, 0.1) is 0 Å². The van der Waals surface area contributed by atoms with Crippen LogP contribution in [-0.2, 0) is 9.53 Å². The summed E-state index contributed by atoms with van der Waals surface area (Å²) < 4.78 is 4.88. The summed E-state index contributed by atoms with van der Waals surface area (Å²) in [7, 11) is 0. The molecule has 132 valence electrons. The third-order valence-electron chi connectivity index (χ3n) is 3.21. The minimum atomic E-state index is -0.0907. The SMILES string of the molecule is CCCCCCNC(N)=NCCCCCCC(=O)OCC.I. The van der Waals surface area contributed by atoms with E-state index in [1.165, 1.54) is 19.3 Å². The number of hydrogen-bond donors (Lipinski definition) is 2. The average Bonchev–Trinajstić information content (AvgIpc) is 2.46. The summed E-state index contributed by atoms with van der Waals surface area (Å²) in [6.07, 6.45) is 9.48. The zero-order valence-electron chi connectivity index (χ0n) is 14.2. The molecule has 0 unspecified atom stereocenters. The molecule has 0 saturated heterocycles. The standard InChI is InChI=1S/C16H33N3O2.HI/c1-3-5-6-10-13-18-16(17)19-14-11-8-7-9-12-15(20)21-4-2;/h3-14H2,1-2H3,(H3,17,18,19);1H. The third-order valence-corrected chi connectivity index (χ3v) is 3.21. The largest absolute Gasteiger partial charge is 0.466 e. The van der Waals surface area contributed by atoms with Crippen LogP contribution in [0.25, 0.3) is 0 Å². The van der Waals surface area contributed by atoms with E-state index >= 15 is 0 Å². The first-order valence-electron chi connectivity index (χ1n) is 8.40. The van der Waals surface area contributed by atoms with Gasteiger partial charge in [0.05, 0.1) is 6.61 Å². The summed E-state index contributed by atoms with van der Waals surface area (Å²) in [5.74, 6) is 0.463. The van der Waals surface area contributed by atoms with E-state index in [9.17, 15) is 4.79 Å². The Morgan fingerprint density at radius 1 is 1.05 bits per heavy atom. The van der Waals surface area contributed by atoms with Crippen LogP contribution in [0.5, 0.6) is 0 Å². The van der Waals surface area contributed by atoms with Gasteiger partial charge in [-0.3, -0.25) is 9.79 Å². The molecule has 0 amide bonds. The maximum absolute atomic E-state index is 11.1. The number of rotatable bonds is 13. The maximum Gasteiger partial charge on any atom is 0.305 e. The molecule has 0 aromatic carbocycles. The minimum Gasteiger partial charge on any atom is -0.466 e. The van der Waals surface area contributed by atoms with Gasteiger partial charge in [-0.1, -0.05) is 39.0 Å². The van der Waals surface area contributed by atoms with Crippen LogP contribution in [0.1, 0.15) is 71.6 Å². The summed E-state index contributed by atoms with van der Waals surface area (Å²) in [5.41, 5.74) is 5.78. The molecule has 0 aromatic rings. The van der Waals surface area contributed by atoms with Crippen molar-refractivity contribution in [3.8, 4) is 0 Å². The highest BCUT2D eigenvalue weighted by Crippen LogP contribution is 2.04. The number of carbonyl (C=O) groups excluding carboxylic acids is 1. The lowest BCUT2D eigenvalue weighted by Gasteiger charge is -2.05. The number of nitrogens with zero attached hydrogens (tertiary/aromatic N) is 1. The summed E-state index contributed by atoms with van der Waals surface area (Å²) in [5, 5.41) is 3.14. The number of esters is 1. The molecule has 0 atom stereocenters. The molecule has 5 nitrogen and oxygen atoms in total. The van der Waals surface area contributed by atoms with E-state index < -0.39 is 0 Å². The van der Waals surface area contributed by atoms with E-state index in [2.05, 4.69) is 17.2 Å².